The van der Waals surface area contributed by atoms with Crippen LogP contribution in [-0.2, 0) is 17.1 Å². The zero-order valence-corrected chi connectivity index (χ0v) is 16.5. The van der Waals surface area contributed by atoms with Crippen molar-refractivity contribution in [3.8, 4) is 0 Å². The molecule has 0 aliphatic heterocycles. The third-order valence-electron chi connectivity index (χ3n) is 4.66. The highest BCUT2D eigenvalue weighted by Gasteiger charge is 2.20. The molecule has 5 aromatic rings. The molecule has 2 heterocycles. The van der Waals surface area contributed by atoms with E-state index >= 15 is 0 Å². The summed E-state index contributed by atoms with van der Waals surface area (Å²) in [7, 11) is -2.45. The smallest absolute Gasteiger partial charge is 0.413 e. The van der Waals surface area contributed by atoms with Gasteiger partial charge in [-0.2, -0.15) is 0 Å². The Morgan fingerprint density at radius 3 is 2.55 bits per heavy atom. The highest BCUT2D eigenvalue weighted by atomic mass is 32.2. The molecule has 5 rings (SSSR count). The highest BCUT2D eigenvalue weighted by molar-refractivity contribution is 7.92. The van der Waals surface area contributed by atoms with E-state index in [0.29, 0.717) is 32.3 Å². The number of sulfonamides is 1. The molecular formula is C19H12N2O6S2. The van der Waals surface area contributed by atoms with Crippen LogP contribution in [0.25, 0.3) is 32.2 Å². The summed E-state index contributed by atoms with van der Waals surface area (Å²) in [6.45, 7) is 0. The van der Waals surface area contributed by atoms with Crippen molar-refractivity contribution >= 4 is 59.2 Å². The number of nitrogens with one attached hydrogen (secondary N) is 1. The second-order valence-electron chi connectivity index (χ2n) is 6.41. The summed E-state index contributed by atoms with van der Waals surface area (Å²) >= 11 is 0.900. The van der Waals surface area contributed by atoms with E-state index in [0.717, 1.165) is 11.3 Å². The Morgan fingerprint density at radius 1 is 1.00 bits per heavy atom. The Hall–Kier alpha value is -3.37. The van der Waals surface area contributed by atoms with Gasteiger partial charge in [-0.3, -0.25) is 9.29 Å². The number of nitrogens with zero attached hydrogens (tertiary/aromatic N) is 1. The minimum Gasteiger partial charge on any atom is -0.413 e. The van der Waals surface area contributed by atoms with Gasteiger partial charge in [0, 0.05) is 23.9 Å². The maximum atomic E-state index is 13.0. The van der Waals surface area contributed by atoms with Crippen LogP contribution in [0.4, 0.5) is 5.69 Å². The predicted molar refractivity (Wildman–Crippen MR) is 110 cm³/mol. The lowest BCUT2D eigenvalue weighted by atomic mass is 10.1. The average molecular weight is 428 g/mol. The number of rotatable bonds is 3. The van der Waals surface area contributed by atoms with Gasteiger partial charge in [-0.05, 0) is 18.2 Å². The standard InChI is InChI=1S/C19H12N2O6S2/c1-21-14-7-6-10(8-15(14)26-18(21)22)29(24,25)20-13-9-16-17(27-19(23)28-16)12-5-3-2-4-11(12)13/h2-9,20H,1H3. The van der Waals surface area contributed by atoms with Gasteiger partial charge in [-0.25, -0.2) is 18.0 Å². The maximum Gasteiger partial charge on any atom is 0.419 e. The van der Waals surface area contributed by atoms with Gasteiger partial charge in [-0.1, -0.05) is 35.6 Å². The van der Waals surface area contributed by atoms with E-state index in [1.165, 1.54) is 29.8 Å². The molecule has 0 amide bonds. The molecule has 29 heavy (non-hydrogen) atoms. The van der Waals surface area contributed by atoms with Gasteiger partial charge in [0.05, 0.1) is 20.8 Å². The van der Waals surface area contributed by atoms with Crippen molar-refractivity contribution in [3.63, 3.8) is 0 Å². The molecule has 1 N–H and O–H groups in total. The topological polar surface area (TPSA) is 112 Å². The largest absolute Gasteiger partial charge is 0.419 e. The van der Waals surface area contributed by atoms with E-state index in [-0.39, 0.29) is 10.5 Å². The van der Waals surface area contributed by atoms with Gasteiger partial charge < -0.3 is 8.83 Å². The molecular weight excluding hydrogens is 416 g/mol. The third-order valence-corrected chi connectivity index (χ3v) is 6.79. The van der Waals surface area contributed by atoms with Crippen molar-refractivity contribution in [1.29, 1.82) is 0 Å². The number of fused-ring (bicyclic) bond motifs is 4. The third kappa shape index (κ3) is 2.76. The minimum absolute atomic E-state index is 0.0519. The molecule has 0 atom stereocenters. The summed E-state index contributed by atoms with van der Waals surface area (Å²) in [5, 5.41) is 1.23. The zero-order valence-electron chi connectivity index (χ0n) is 14.8. The molecule has 0 bridgehead atoms. The minimum atomic E-state index is -3.99. The molecule has 0 fully saturated rings. The molecule has 8 nitrogen and oxygen atoms in total. The van der Waals surface area contributed by atoms with Gasteiger partial charge >= 0.3 is 10.7 Å². The molecule has 0 spiro atoms. The fraction of sp³-hybridized carbons (Fsp3) is 0.0526. The molecule has 2 aromatic heterocycles. The lowest BCUT2D eigenvalue weighted by molar-refractivity contribution is 0.527. The molecule has 0 saturated heterocycles. The highest BCUT2D eigenvalue weighted by Crippen LogP contribution is 2.34. The van der Waals surface area contributed by atoms with Crippen molar-refractivity contribution in [1.82, 2.24) is 4.57 Å². The summed E-state index contributed by atoms with van der Waals surface area (Å²) in [5.74, 6) is -0.575. The summed E-state index contributed by atoms with van der Waals surface area (Å²) in [5.41, 5.74) is 1.41. The van der Waals surface area contributed by atoms with Crippen LogP contribution in [0, 0.1) is 0 Å². The van der Waals surface area contributed by atoms with Crippen molar-refractivity contribution in [2.45, 2.75) is 4.90 Å². The summed E-state index contributed by atoms with van der Waals surface area (Å²) in [6, 6.07) is 12.8. The number of anilines is 1. The van der Waals surface area contributed by atoms with Crippen molar-refractivity contribution < 1.29 is 17.3 Å². The van der Waals surface area contributed by atoms with Crippen molar-refractivity contribution in [3.05, 3.63) is 68.8 Å². The van der Waals surface area contributed by atoms with Crippen LogP contribution in [0.5, 0.6) is 0 Å². The predicted octanol–water partition coefficient (Wildman–Crippen LogP) is 3.25. The summed E-state index contributed by atoms with van der Waals surface area (Å²) < 4.78 is 40.7. The van der Waals surface area contributed by atoms with Gasteiger partial charge in [0.25, 0.3) is 10.0 Å². The number of benzene rings is 3. The van der Waals surface area contributed by atoms with Gasteiger partial charge in [0.1, 0.15) is 0 Å². The van der Waals surface area contributed by atoms with Crippen LogP contribution in [0.1, 0.15) is 0 Å². The Bertz CT molecular complexity index is 1650. The van der Waals surface area contributed by atoms with Gasteiger partial charge in [0.2, 0.25) is 0 Å². The number of aromatic nitrogens is 1. The Balaban J connectivity index is 1.68. The second-order valence-corrected chi connectivity index (χ2v) is 9.07. The average Bonchev–Trinajstić information content (AvgIpc) is 3.20. The van der Waals surface area contributed by atoms with Crippen LogP contribution in [-0.4, -0.2) is 13.0 Å². The lowest BCUT2D eigenvalue weighted by Gasteiger charge is -2.11. The quantitative estimate of drug-likeness (QED) is 0.472. The van der Waals surface area contributed by atoms with E-state index in [9.17, 15) is 18.0 Å². The molecule has 0 aliphatic rings. The summed E-state index contributed by atoms with van der Waals surface area (Å²) in [6.07, 6.45) is 0. The van der Waals surface area contributed by atoms with Crippen LogP contribution in [0.3, 0.4) is 0 Å². The Kier molecular flexibility index (Phi) is 3.70. The van der Waals surface area contributed by atoms with Crippen molar-refractivity contribution in [2.75, 3.05) is 4.72 Å². The molecule has 0 aliphatic carbocycles. The van der Waals surface area contributed by atoms with Gasteiger partial charge in [-0.15, -0.1) is 0 Å². The Morgan fingerprint density at radius 2 is 1.76 bits per heavy atom. The SMILES string of the molecule is Cn1c(=O)oc2cc(S(=O)(=O)Nc3cc4sc(=O)oc4c4ccccc34)ccc21. The molecule has 0 radical (unpaired) electrons. The van der Waals surface area contributed by atoms with Crippen LogP contribution in [0.2, 0.25) is 0 Å². The number of hydrogen-bond donors (Lipinski definition) is 1. The molecule has 0 saturated carbocycles. The van der Waals surface area contributed by atoms with E-state index in [2.05, 4.69) is 4.72 Å². The van der Waals surface area contributed by atoms with Gasteiger partial charge in [0.15, 0.2) is 11.2 Å². The maximum absolute atomic E-state index is 13.0. The van der Waals surface area contributed by atoms with E-state index < -0.39 is 20.7 Å². The van der Waals surface area contributed by atoms with E-state index in [4.69, 9.17) is 8.83 Å². The van der Waals surface area contributed by atoms with Crippen LogP contribution < -0.4 is 15.4 Å². The number of aryl methyl sites for hydroxylation is 1. The fourth-order valence-corrected chi connectivity index (χ4v) is 5.08. The first kappa shape index (κ1) is 17.7. The molecule has 0 unspecified atom stereocenters. The fourth-order valence-electron chi connectivity index (χ4n) is 3.27. The first-order valence-corrected chi connectivity index (χ1v) is 10.7. The normalized spacial score (nSPS) is 12.2. The molecule has 10 heteroatoms. The second kappa shape index (κ2) is 6.06. The zero-order chi connectivity index (χ0) is 20.3. The van der Waals surface area contributed by atoms with E-state index in [1.54, 1.807) is 30.3 Å². The molecule has 146 valence electrons. The summed E-state index contributed by atoms with van der Waals surface area (Å²) in [4.78, 5) is 22.8. The monoisotopic (exact) mass is 428 g/mol. The number of hydrogen-bond acceptors (Lipinski definition) is 7. The van der Waals surface area contributed by atoms with Crippen LogP contribution >= 0.6 is 11.3 Å². The Labute approximate surface area is 166 Å². The lowest BCUT2D eigenvalue weighted by Crippen LogP contribution is -2.13. The first-order chi connectivity index (χ1) is 13.8. The first-order valence-electron chi connectivity index (χ1n) is 8.41. The van der Waals surface area contributed by atoms with Crippen molar-refractivity contribution in [2.24, 2.45) is 7.05 Å². The van der Waals surface area contributed by atoms with E-state index in [1.807, 2.05) is 0 Å². The van der Waals surface area contributed by atoms with Crippen LogP contribution in [0.15, 0.2) is 71.8 Å². The number of oxazole rings is 1. The molecule has 3 aromatic carbocycles.